The Morgan fingerprint density at radius 3 is 2.44 bits per heavy atom. The minimum atomic E-state index is -0.640. The molecule has 27 heavy (non-hydrogen) atoms. The zero-order chi connectivity index (χ0) is 19.0. The number of benzene rings is 2. The third kappa shape index (κ3) is 2.99. The summed E-state index contributed by atoms with van der Waals surface area (Å²) in [4.78, 5) is 23.6. The van der Waals surface area contributed by atoms with Gasteiger partial charge in [-0.25, -0.2) is 15.0 Å². The zero-order valence-electron chi connectivity index (χ0n) is 13.9. The average molecular weight is 359 g/mol. The Morgan fingerprint density at radius 1 is 0.926 bits per heavy atom. The molecule has 0 fully saturated rings. The number of phenolic OH excluding ortho intramolecular Hbond substituents is 1. The number of hydrogen-bond donors (Lipinski definition) is 2. The van der Waals surface area contributed by atoms with Gasteiger partial charge in [0.1, 0.15) is 11.2 Å². The van der Waals surface area contributed by atoms with Crippen molar-refractivity contribution >= 4 is 22.7 Å². The van der Waals surface area contributed by atoms with Crippen molar-refractivity contribution < 1.29 is 10.0 Å². The Balaban J connectivity index is 1.94. The highest BCUT2D eigenvalue weighted by atomic mass is 16.6. The number of aromatic nitrogens is 3. The molecule has 0 spiro atoms. The molecule has 0 bridgehead atoms. The Morgan fingerprint density at radius 2 is 1.70 bits per heavy atom. The van der Waals surface area contributed by atoms with Gasteiger partial charge in [0.2, 0.25) is 5.95 Å². The van der Waals surface area contributed by atoms with Crippen LogP contribution < -0.4 is 5.73 Å². The number of nitrogens with two attached hydrogens (primary N) is 1. The van der Waals surface area contributed by atoms with Crippen molar-refractivity contribution in [1.82, 2.24) is 15.0 Å². The van der Waals surface area contributed by atoms with E-state index in [2.05, 4.69) is 15.0 Å². The van der Waals surface area contributed by atoms with Gasteiger partial charge in [-0.05, 0) is 24.3 Å². The molecule has 0 aliphatic carbocycles. The van der Waals surface area contributed by atoms with Crippen molar-refractivity contribution in [3.05, 3.63) is 70.8 Å². The molecule has 0 saturated heterocycles. The van der Waals surface area contributed by atoms with Crippen LogP contribution in [0.25, 0.3) is 33.5 Å². The molecule has 3 N–H and O–H groups in total. The number of fused-ring (bicyclic) bond motifs is 1. The molecule has 2 aromatic carbocycles. The summed E-state index contributed by atoms with van der Waals surface area (Å²) >= 11 is 0. The van der Waals surface area contributed by atoms with Crippen molar-refractivity contribution in [3.63, 3.8) is 0 Å². The van der Waals surface area contributed by atoms with E-state index in [1.165, 1.54) is 12.1 Å². The van der Waals surface area contributed by atoms with Crippen molar-refractivity contribution in [2.24, 2.45) is 0 Å². The smallest absolute Gasteiger partial charge is 0.311 e. The predicted octanol–water partition coefficient (Wildman–Crippen LogP) is 3.55. The van der Waals surface area contributed by atoms with Crippen LogP contribution >= 0.6 is 0 Å². The molecule has 0 atom stereocenters. The number of pyridine rings is 1. The van der Waals surface area contributed by atoms with Crippen molar-refractivity contribution in [2.75, 3.05) is 5.73 Å². The second-order valence-corrected chi connectivity index (χ2v) is 5.82. The van der Waals surface area contributed by atoms with E-state index in [9.17, 15) is 15.2 Å². The molecule has 0 radical (unpaired) electrons. The molecule has 0 unspecified atom stereocenters. The number of hydrogen-bond acceptors (Lipinski definition) is 7. The summed E-state index contributed by atoms with van der Waals surface area (Å²) in [5, 5.41) is 20.7. The van der Waals surface area contributed by atoms with Crippen LogP contribution in [0.1, 0.15) is 0 Å². The molecule has 0 aliphatic heterocycles. The average Bonchev–Trinajstić information content (AvgIpc) is 2.68. The second kappa shape index (κ2) is 6.34. The molecule has 8 heteroatoms. The van der Waals surface area contributed by atoms with Crippen LogP contribution in [0.4, 0.5) is 11.6 Å². The minimum absolute atomic E-state index is 0.135. The van der Waals surface area contributed by atoms with Crippen molar-refractivity contribution in [2.45, 2.75) is 0 Å². The van der Waals surface area contributed by atoms with Gasteiger partial charge in [0.25, 0.3) is 0 Å². The lowest BCUT2D eigenvalue weighted by Gasteiger charge is -2.08. The van der Waals surface area contributed by atoms with Gasteiger partial charge in [-0.2, -0.15) is 0 Å². The van der Waals surface area contributed by atoms with E-state index in [0.29, 0.717) is 28.0 Å². The molecular formula is C19H13N5O3. The maximum Gasteiger partial charge on any atom is 0.311 e. The van der Waals surface area contributed by atoms with E-state index >= 15 is 0 Å². The summed E-state index contributed by atoms with van der Waals surface area (Å²) in [5.41, 5.74) is 8.95. The first kappa shape index (κ1) is 16.4. The normalized spacial score (nSPS) is 10.8. The minimum Gasteiger partial charge on any atom is -0.502 e. The maximum atomic E-state index is 11.1. The SMILES string of the molecule is Nc1nc(-c2ccccc2)c2nc(-c3ccc(O)c([N+](=O)[O-])c3)ccc2n1. The van der Waals surface area contributed by atoms with Crippen molar-refractivity contribution in [1.29, 1.82) is 0 Å². The van der Waals surface area contributed by atoms with Gasteiger partial charge in [-0.3, -0.25) is 10.1 Å². The highest BCUT2D eigenvalue weighted by Crippen LogP contribution is 2.32. The van der Waals surface area contributed by atoms with Gasteiger partial charge < -0.3 is 10.8 Å². The predicted molar refractivity (Wildman–Crippen MR) is 101 cm³/mol. The Labute approximate surface area is 153 Å². The maximum absolute atomic E-state index is 11.1. The van der Waals surface area contributed by atoms with E-state index in [-0.39, 0.29) is 11.6 Å². The van der Waals surface area contributed by atoms with Gasteiger partial charge in [0.15, 0.2) is 5.75 Å². The molecular weight excluding hydrogens is 346 g/mol. The molecule has 4 rings (SSSR count). The van der Waals surface area contributed by atoms with Crippen LogP contribution in [-0.2, 0) is 0 Å². The highest BCUT2D eigenvalue weighted by Gasteiger charge is 2.16. The highest BCUT2D eigenvalue weighted by molar-refractivity contribution is 5.91. The standard InChI is InChI=1S/C19H13N5O3/c20-19-22-14-8-7-13(12-6-9-16(25)15(10-12)24(26)27)21-18(14)17(23-19)11-4-2-1-3-5-11/h1-10,25H,(H2,20,22,23). The van der Waals surface area contributed by atoms with Gasteiger partial charge in [-0.15, -0.1) is 0 Å². The van der Waals surface area contributed by atoms with Crippen LogP contribution in [0.5, 0.6) is 5.75 Å². The molecule has 0 amide bonds. The second-order valence-electron chi connectivity index (χ2n) is 5.82. The zero-order valence-corrected chi connectivity index (χ0v) is 13.9. The number of aromatic hydroxyl groups is 1. The third-order valence-corrected chi connectivity index (χ3v) is 4.07. The fourth-order valence-electron chi connectivity index (χ4n) is 2.82. The summed E-state index contributed by atoms with van der Waals surface area (Å²) in [7, 11) is 0. The van der Waals surface area contributed by atoms with Gasteiger partial charge in [0.05, 0.1) is 16.1 Å². The largest absolute Gasteiger partial charge is 0.502 e. The van der Waals surface area contributed by atoms with Crippen LogP contribution in [0.2, 0.25) is 0 Å². The summed E-state index contributed by atoms with van der Waals surface area (Å²) in [5.74, 6) is -0.262. The van der Waals surface area contributed by atoms with E-state index in [4.69, 9.17) is 5.73 Å². The summed E-state index contributed by atoms with van der Waals surface area (Å²) in [6.07, 6.45) is 0. The number of anilines is 1. The van der Waals surface area contributed by atoms with Crippen LogP contribution in [0.15, 0.2) is 60.7 Å². The van der Waals surface area contributed by atoms with Crippen LogP contribution in [0.3, 0.4) is 0 Å². The Kier molecular flexibility index (Phi) is 3.85. The van der Waals surface area contributed by atoms with Gasteiger partial charge >= 0.3 is 5.69 Å². The molecule has 2 aromatic heterocycles. The summed E-state index contributed by atoms with van der Waals surface area (Å²) in [6, 6.07) is 17.0. The first-order valence-electron chi connectivity index (χ1n) is 8.00. The quantitative estimate of drug-likeness (QED) is 0.423. The summed E-state index contributed by atoms with van der Waals surface area (Å²) < 4.78 is 0. The lowest BCUT2D eigenvalue weighted by molar-refractivity contribution is -0.385. The number of phenols is 1. The van der Waals surface area contributed by atoms with Gasteiger partial charge in [-0.1, -0.05) is 30.3 Å². The van der Waals surface area contributed by atoms with Crippen LogP contribution in [-0.4, -0.2) is 25.0 Å². The molecule has 132 valence electrons. The van der Waals surface area contributed by atoms with E-state index in [0.717, 1.165) is 5.56 Å². The third-order valence-electron chi connectivity index (χ3n) is 4.07. The number of nitro groups is 1. The van der Waals surface area contributed by atoms with E-state index in [1.54, 1.807) is 18.2 Å². The number of nitrogen functional groups attached to an aromatic ring is 1. The molecule has 8 nitrogen and oxygen atoms in total. The topological polar surface area (TPSA) is 128 Å². The molecule has 4 aromatic rings. The monoisotopic (exact) mass is 359 g/mol. The number of rotatable bonds is 3. The Bertz CT molecular complexity index is 1180. The lowest BCUT2D eigenvalue weighted by Crippen LogP contribution is -2.00. The first-order chi connectivity index (χ1) is 13.0. The number of nitrogens with zero attached hydrogens (tertiary/aromatic N) is 4. The summed E-state index contributed by atoms with van der Waals surface area (Å²) in [6.45, 7) is 0. The van der Waals surface area contributed by atoms with E-state index < -0.39 is 10.7 Å². The fourth-order valence-corrected chi connectivity index (χ4v) is 2.82. The molecule has 2 heterocycles. The van der Waals surface area contributed by atoms with Gasteiger partial charge in [0, 0.05) is 17.2 Å². The first-order valence-corrected chi connectivity index (χ1v) is 8.00. The van der Waals surface area contributed by atoms with Crippen LogP contribution in [0, 0.1) is 10.1 Å². The Hall–Kier alpha value is -4.07. The molecule has 0 aliphatic rings. The number of nitro benzene ring substituents is 1. The fraction of sp³-hybridized carbons (Fsp3) is 0. The molecule has 0 saturated carbocycles. The lowest BCUT2D eigenvalue weighted by atomic mass is 10.1. The van der Waals surface area contributed by atoms with Crippen molar-refractivity contribution in [3.8, 4) is 28.3 Å². The van der Waals surface area contributed by atoms with E-state index in [1.807, 2.05) is 30.3 Å².